The summed E-state index contributed by atoms with van der Waals surface area (Å²) in [4.78, 5) is 12.0. The van der Waals surface area contributed by atoms with E-state index in [1.54, 1.807) is 0 Å². The quantitative estimate of drug-likeness (QED) is 0.692. The Hall–Kier alpha value is -1.08. The normalized spacial score (nSPS) is 18.4. The molecule has 2 N–H and O–H groups in total. The topological polar surface area (TPSA) is 73.1 Å². The minimum absolute atomic E-state index is 0.0938. The van der Waals surface area contributed by atoms with Crippen molar-refractivity contribution in [1.82, 2.24) is 5.32 Å². The molecule has 0 radical (unpaired) electrons. The molecule has 0 saturated heterocycles. The summed E-state index contributed by atoms with van der Waals surface area (Å²) in [5, 5.41) is 20.7. The van der Waals surface area contributed by atoms with Crippen molar-refractivity contribution in [2.75, 3.05) is 13.2 Å². The number of rotatable bonds is 6. The van der Waals surface area contributed by atoms with E-state index in [0.29, 0.717) is 19.4 Å². The van der Waals surface area contributed by atoms with Crippen molar-refractivity contribution >= 4 is 5.91 Å². The van der Waals surface area contributed by atoms with Crippen LogP contribution in [0.15, 0.2) is 0 Å². The summed E-state index contributed by atoms with van der Waals surface area (Å²) in [6.45, 7) is 0.818. The first kappa shape index (κ1) is 14.0. The van der Waals surface area contributed by atoms with E-state index in [9.17, 15) is 10.1 Å². The van der Waals surface area contributed by atoms with E-state index in [2.05, 4.69) is 11.4 Å². The van der Waals surface area contributed by atoms with Crippen LogP contribution in [-0.4, -0.2) is 24.2 Å². The number of carbonyl (C=O) groups excluding carboxylic acids is 1. The molecule has 17 heavy (non-hydrogen) atoms. The average molecular weight is 238 g/mol. The molecular weight excluding hydrogens is 216 g/mol. The molecule has 0 heterocycles. The van der Waals surface area contributed by atoms with Gasteiger partial charge in [-0.25, -0.2) is 0 Å². The Balaban J connectivity index is 2.32. The highest BCUT2D eigenvalue weighted by Crippen LogP contribution is 2.35. The fourth-order valence-electron chi connectivity index (χ4n) is 2.33. The average Bonchev–Trinajstić information content (AvgIpc) is 2.39. The van der Waals surface area contributed by atoms with Crippen LogP contribution in [0.2, 0.25) is 0 Å². The van der Waals surface area contributed by atoms with Crippen molar-refractivity contribution in [3.05, 3.63) is 0 Å². The molecule has 1 saturated carbocycles. The van der Waals surface area contributed by atoms with Crippen LogP contribution < -0.4 is 5.32 Å². The molecule has 1 amide bonds. The van der Waals surface area contributed by atoms with Crippen LogP contribution in [-0.2, 0) is 4.79 Å². The Bertz CT molecular complexity index is 278. The largest absolute Gasteiger partial charge is 0.396 e. The molecule has 0 unspecified atom stereocenters. The molecule has 1 aliphatic carbocycles. The van der Waals surface area contributed by atoms with Gasteiger partial charge in [0.25, 0.3) is 0 Å². The lowest BCUT2D eigenvalue weighted by molar-refractivity contribution is -0.129. The van der Waals surface area contributed by atoms with E-state index in [4.69, 9.17) is 5.11 Å². The Morgan fingerprint density at radius 2 is 1.94 bits per heavy atom. The van der Waals surface area contributed by atoms with E-state index >= 15 is 0 Å². The lowest BCUT2D eigenvalue weighted by Crippen LogP contribution is -2.41. The highest BCUT2D eigenvalue weighted by Gasteiger charge is 2.39. The summed E-state index contributed by atoms with van der Waals surface area (Å²) in [6.07, 6.45) is 7.05. The van der Waals surface area contributed by atoms with Crippen LogP contribution in [0.1, 0.15) is 51.4 Å². The zero-order valence-electron chi connectivity index (χ0n) is 10.4. The highest BCUT2D eigenvalue weighted by atomic mass is 16.2. The number of nitrogens with one attached hydrogen (secondary N) is 1. The van der Waals surface area contributed by atoms with Crippen LogP contribution in [0.5, 0.6) is 0 Å². The fourth-order valence-corrected chi connectivity index (χ4v) is 2.33. The minimum Gasteiger partial charge on any atom is -0.396 e. The first-order chi connectivity index (χ1) is 8.25. The number of aliphatic hydroxyl groups excluding tert-OH is 1. The number of hydrogen-bond acceptors (Lipinski definition) is 3. The van der Waals surface area contributed by atoms with E-state index in [1.165, 1.54) is 0 Å². The summed E-state index contributed by atoms with van der Waals surface area (Å²) in [5.41, 5.74) is -0.769. The van der Waals surface area contributed by atoms with Gasteiger partial charge in [-0.2, -0.15) is 5.26 Å². The molecule has 0 aliphatic heterocycles. The maximum absolute atomic E-state index is 12.0. The number of hydrogen-bond donors (Lipinski definition) is 2. The van der Waals surface area contributed by atoms with E-state index in [-0.39, 0.29) is 12.5 Å². The van der Waals surface area contributed by atoms with Crippen LogP contribution in [0.3, 0.4) is 0 Å². The van der Waals surface area contributed by atoms with Crippen molar-refractivity contribution in [2.45, 2.75) is 51.4 Å². The zero-order valence-corrected chi connectivity index (χ0v) is 10.4. The fraction of sp³-hybridized carbons (Fsp3) is 0.846. The molecule has 0 spiro atoms. The maximum Gasteiger partial charge on any atom is 0.240 e. The molecule has 0 aromatic rings. The first-order valence-corrected chi connectivity index (χ1v) is 6.55. The first-order valence-electron chi connectivity index (χ1n) is 6.55. The summed E-state index contributed by atoms with van der Waals surface area (Å²) >= 11 is 0. The van der Waals surface area contributed by atoms with Gasteiger partial charge in [-0.05, 0) is 32.1 Å². The van der Waals surface area contributed by atoms with Crippen molar-refractivity contribution < 1.29 is 9.90 Å². The number of amides is 1. The van der Waals surface area contributed by atoms with Gasteiger partial charge in [0, 0.05) is 13.2 Å². The lowest BCUT2D eigenvalue weighted by atomic mass is 9.74. The third kappa shape index (κ3) is 4.01. The second-order valence-corrected chi connectivity index (χ2v) is 4.79. The smallest absolute Gasteiger partial charge is 0.240 e. The Labute approximate surface area is 103 Å². The van der Waals surface area contributed by atoms with Crippen molar-refractivity contribution in [2.24, 2.45) is 5.41 Å². The molecule has 0 bridgehead atoms. The third-order valence-corrected chi connectivity index (χ3v) is 3.48. The van der Waals surface area contributed by atoms with Crippen LogP contribution in [0.25, 0.3) is 0 Å². The molecular formula is C13H22N2O2. The predicted molar refractivity (Wildman–Crippen MR) is 65.1 cm³/mol. The van der Waals surface area contributed by atoms with Gasteiger partial charge in [0.1, 0.15) is 5.41 Å². The van der Waals surface area contributed by atoms with Gasteiger partial charge in [-0.15, -0.1) is 0 Å². The standard InChI is InChI=1S/C13H22N2O2/c14-11-13(7-3-1-4-8-13)12(17)15-9-5-2-6-10-16/h16H,1-10H2,(H,15,17). The molecule has 96 valence electrons. The van der Waals surface area contributed by atoms with Crippen molar-refractivity contribution in [1.29, 1.82) is 5.26 Å². The third-order valence-electron chi connectivity index (χ3n) is 3.48. The molecule has 0 aromatic carbocycles. The maximum atomic E-state index is 12.0. The SMILES string of the molecule is N#CC1(C(=O)NCCCCCO)CCCCC1. The molecule has 1 rings (SSSR count). The van der Waals surface area contributed by atoms with Crippen molar-refractivity contribution in [3.63, 3.8) is 0 Å². The van der Waals surface area contributed by atoms with Gasteiger partial charge in [0.15, 0.2) is 0 Å². The Morgan fingerprint density at radius 3 is 2.53 bits per heavy atom. The van der Waals surface area contributed by atoms with Gasteiger partial charge >= 0.3 is 0 Å². The number of aliphatic hydroxyl groups is 1. The monoisotopic (exact) mass is 238 g/mol. The van der Waals surface area contributed by atoms with E-state index < -0.39 is 5.41 Å². The summed E-state index contributed by atoms with van der Waals surface area (Å²) in [7, 11) is 0. The minimum atomic E-state index is -0.769. The summed E-state index contributed by atoms with van der Waals surface area (Å²) in [6, 6.07) is 2.22. The van der Waals surface area contributed by atoms with Crippen LogP contribution in [0, 0.1) is 16.7 Å². The molecule has 0 atom stereocenters. The number of carbonyl (C=O) groups is 1. The molecule has 1 aliphatic rings. The van der Waals surface area contributed by atoms with Gasteiger partial charge in [-0.1, -0.05) is 19.3 Å². The Kier molecular flexibility index (Phi) is 5.99. The molecule has 1 fully saturated rings. The molecule has 0 aromatic heterocycles. The van der Waals surface area contributed by atoms with Gasteiger partial charge < -0.3 is 10.4 Å². The summed E-state index contributed by atoms with van der Waals surface area (Å²) in [5.74, 6) is -0.0938. The number of nitriles is 1. The van der Waals surface area contributed by atoms with Gasteiger partial charge in [0.05, 0.1) is 6.07 Å². The van der Waals surface area contributed by atoms with Gasteiger partial charge in [-0.3, -0.25) is 4.79 Å². The van der Waals surface area contributed by atoms with E-state index in [0.717, 1.165) is 38.5 Å². The second kappa shape index (κ2) is 7.29. The highest BCUT2D eigenvalue weighted by molar-refractivity contribution is 5.85. The molecule has 4 nitrogen and oxygen atoms in total. The number of nitrogens with zero attached hydrogens (tertiary/aromatic N) is 1. The van der Waals surface area contributed by atoms with Gasteiger partial charge in [0.2, 0.25) is 5.91 Å². The Morgan fingerprint density at radius 1 is 1.24 bits per heavy atom. The van der Waals surface area contributed by atoms with Crippen LogP contribution in [0.4, 0.5) is 0 Å². The zero-order chi connectivity index (χ0) is 12.6. The second-order valence-electron chi connectivity index (χ2n) is 4.79. The predicted octanol–water partition coefficient (Wildman–Crippen LogP) is 1.74. The van der Waals surface area contributed by atoms with Crippen molar-refractivity contribution in [3.8, 4) is 6.07 Å². The lowest BCUT2D eigenvalue weighted by Gasteiger charge is -2.29. The van der Waals surface area contributed by atoms with Crippen LogP contribution >= 0.6 is 0 Å². The summed E-state index contributed by atoms with van der Waals surface area (Å²) < 4.78 is 0. The molecule has 4 heteroatoms. The number of unbranched alkanes of at least 4 members (excludes halogenated alkanes) is 2. The van der Waals surface area contributed by atoms with E-state index in [1.807, 2.05) is 0 Å².